The fourth-order valence-electron chi connectivity index (χ4n) is 1.95. The fourth-order valence-corrected chi connectivity index (χ4v) is 2.36. The van der Waals surface area contributed by atoms with Crippen molar-refractivity contribution in [3.05, 3.63) is 59.7 Å². The Balaban J connectivity index is 1.77. The van der Waals surface area contributed by atoms with Crippen LogP contribution in [0.1, 0.15) is 15.9 Å². The lowest BCUT2D eigenvalue weighted by atomic mass is 10.1. The van der Waals surface area contributed by atoms with Gasteiger partial charge in [0.15, 0.2) is 6.61 Å². The van der Waals surface area contributed by atoms with Gasteiger partial charge >= 0.3 is 5.97 Å². The van der Waals surface area contributed by atoms with E-state index in [0.717, 1.165) is 10.5 Å². The molecule has 0 aliphatic heterocycles. The average Bonchev–Trinajstić information content (AvgIpc) is 2.64. The van der Waals surface area contributed by atoms with Crippen LogP contribution >= 0.6 is 11.8 Å². The number of hydrogen-bond donors (Lipinski definition) is 1. The lowest BCUT2D eigenvalue weighted by Gasteiger charge is -2.08. The van der Waals surface area contributed by atoms with Crippen molar-refractivity contribution < 1.29 is 19.1 Å². The van der Waals surface area contributed by atoms with Gasteiger partial charge in [-0.25, -0.2) is 4.79 Å². The van der Waals surface area contributed by atoms with E-state index in [0.29, 0.717) is 17.9 Å². The number of esters is 1. The van der Waals surface area contributed by atoms with Gasteiger partial charge in [-0.2, -0.15) is 0 Å². The molecule has 0 saturated heterocycles. The molecule has 0 atom stereocenters. The molecule has 5 nitrogen and oxygen atoms in total. The topological polar surface area (TPSA) is 64.6 Å². The number of hydrogen-bond acceptors (Lipinski definition) is 5. The van der Waals surface area contributed by atoms with Crippen molar-refractivity contribution in [2.45, 2.75) is 11.4 Å². The predicted octanol–water partition coefficient (Wildman–Crippen LogP) is 2.89. The number of thioether (sulfide) groups is 1. The van der Waals surface area contributed by atoms with E-state index >= 15 is 0 Å². The van der Waals surface area contributed by atoms with Gasteiger partial charge in [-0.1, -0.05) is 12.1 Å². The Morgan fingerprint density at radius 3 is 2.29 bits per heavy atom. The van der Waals surface area contributed by atoms with Crippen LogP contribution in [0.4, 0.5) is 0 Å². The number of methoxy groups -OCH3 is 1. The number of rotatable bonds is 7. The molecule has 0 spiro atoms. The van der Waals surface area contributed by atoms with Crippen LogP contribution in [0.15, 0.2) is 53.4 Å². The van der Waals surface area contributed by atoms with E-state index in [1.54, 1.807) is 36.0 Å². The highest BCUT2D eigenvalue weighted by molar-refractivity contribution is 7.98. The molecule has 0 aliphatic carbocycles. The molecule has 0 saturated carbocycles. The van der Waals surface area contributed by atoms with Crippen LogP contribution in [0.25, 0.3) is 0 Å². The summed E-state index contributed by atoms with van der Waals surface area (Å²) in [6.07, 6.45) is 2.00. The second kappa shape index (κ2) is 8.98. The highest BCUT2D eigenvalue weighted by Gasteiger charge is 2.06. The zero-order chi connectivity index (χ0) is 17.4. The lowest BCUT2D eigenvalue weighted by Crippen LogP contribution is -2.28. The minimum atomic E-state index is -0.383. The molecule has 0 fully saturated rings. The molecule has 6 heteroatoms. The maximum atomic E-state index is 11.8. The Hall–Kier alpha value is -2.47. The van der Waals surface area contributed by atoms with E-state index in [1.807, 2.05) is 30.5 Å². The first-order valence-electron chi connectivity index (χ1n) is 7.33. The van der Waals surface area contributed by atoms with Crippen molar-refractivity contribution in [3.8, 4) is 5.75 Å². The number of carbonyl (C=O) groups excluding carboxylic acids is 2. The van der Waals surface area contributed by atoms with E-state index in [4.69, 9.17) is 4.74 Å². The van der Waals surface area contributed by atoms with Crippen molar-refractivity contribution in [1.29, 1.82) is 0 Å². The van der Waals surface area contributed by atoms with Crippen LogP contribution in [-0.2, 0) is 16.1 Å². The summed E-state index contributed by atoms with van der Waals surface area (Å²) < 4.78 is 10.1. The third kappa shape index (κ3) is 5.31. The number of benzene rings is 2. The fraction of sp³-hybridized carbons (Fsp3) is 0.222. The smallest absolute Gasteiger partial charge is 0.337 e. The van der Waals surface area contributed by atoms with Gasteiger partial charge in [-0.15, -0.1) is 11.8 Å². The van der Waals surface area contributed by atoms with Crippen molar-refractivity contribution in [3.63, 3.8) is 0 Å². The van der Waals surface area contributed by atoms with Crippen LogP contribution in [0, 0.1) is 0 Å². The van der Waals surface area contributed by atoms with Crippen LogP contribution in [0.5, 0.6) is 5.75 Å². The summed E-state index contributed by atoms with van der Waals surface area (Å²) in [6, 6.07) is 14.4. The molecule has 1 N–H and O–H groups in total. The SMILES string of the molecule is COC(=O)c1ccc(CNC(=O)COc2ccc(SC)cc2)cc1. The first-order valence-corrected chi connectivity index (χ1v) is 8.55. The summed E-state index contributed by atoms with van der Waals surface area (Å²) in [6.45, 7) is 0.327. The van der Waals surface area contributed by atoms with E-state index in [-0.39, 0.29) is 18.5 Å². The van der Waals surface area contributed by atoms with Crippen LogP contribution < -0.4 is 10.1 Å². The quantitative estimate of drug-likeness (QED) is 0.617. The third-order valence-electron chi connectivity index (χ3n) is 3.29. The molecular weight excluding hydrogens is 326 g/mol. The first-order chi connectivity index (χ1) is 11.6. The Morgan fingerprint density at radius 1 is 1.04 bits per heavy atom. The molecule has 0 radical (unpaired) electrons. The van der Waals surface area contributed by atoms with Gasteiger partial charge in [-0.05, 0) is 48.2 Å². The predicted molar refractivity (Wildman–Crippen MR) is 93.3 cm³/mol. The molecule has 2 aromatic rings. The molecule has 0 heterocycles. The first kappa shape index (κ1) is 17.9. The second-order valence-corrected chi connectivity index (χ2v) is 5.81. The number of nitrogens with one attached hydrogen (secondary N) is 1. The molecule has 0 bridgehead atoms. The molecule has 0 unspecified atom stereocenters. The Labute approximate surface area is 145 Å². The van der Waals surface area contributed by atoms with Crippen molar-refractivity contribution in [1.82, 2.24) is 5.32 Å². The van der Waals surface area contributed by atoms with Crippen molar-refractivity contribution in [2.24, 2.45) is 0 Å². The summed E-state index contributed by atoms with van der Waals surface area (Å²) >= 11 is 1.65. The van der Waals surface area contributed by atoms with E-state index in [2.05, 4.69) is 10.1 Å². The summed E-state index contributed by atoms with van der Waals surface area (Å²) in [5, 5.41) is 2.77. The largest absolute Gasteiger partial charge is 0.484 e. The molecule has 0 aromatic heterocycles. The third-order valence-corrected chi connectivity index (χ3v) is 4.04. The number of ether oxygens (including phenoxy) is 2. The van der Waals surface area contributed by atoms with Crippen LogP contribution in [-0.4, -0.2) is 31.8 Å². The average molecular weight is 345 g/mol. The highest BCUT2D eigenvalue weighted by atomic mass is 32.2. The monoisotopic (exact) mass is 345 g/mol. The maximum absolute atomic E-state index is 11.8. The number of amides is 1. The van der Waals surface area contributed by atoms with Gasteiger partial charge in [0, 0.05) is 11.4 Å². The van der Waals surface area contributed by atoms with Crippen LogP contribution in [0.2, 0.25) is 0 Å². The standard InChI is InChI=1S/C18H19NO4S/c1-22-18(21)14-5-3-13(4-6-14)11-19-17(20)12-23-15-7-9-16(24-2)10-8-15/h3-10H,11-12H2,1-2H3,(H,19,20). The summed E-state index contributed by atoms with van der Waals surface area (Å²) in [5.74, 6) is 0.0674. The number of carbonyl (C=O) groups is 2. The van der Waals surface area contributed by atoms with Crippen LogP contribution in [0.3, 0.4) is 0 Å². The second-order valence-electron chi connectivity index (χ2n) is 4.93. The molecule has 2 aromatic carbocycles. The van der Waals surface area contributed by atoms with E-state index < -0.39 is 0 Å². The van der Waals surface area contributed by atoms with E-state index in [9.17, 15) is 9.59 Å². The summed E-state index contributed by atoms with van der Waals surface area (Å²) in [7, 11) is 1.34. The molecule has 24 heavy (non-hydrogen) atoms. The zero-order valence-electron chi connectivity index (χ0n) is 13.6. The van der Waals surface area contributed by atoms with Gasteiger partial charge in [-0.3, -0.25) is 4.79 Å². The van der Waals surface area contributed by atoms with Gasteiger partial charge in [0.1, 0.15) is 5.75 Å². The minimum absolute atomic E-state index is 0.0428. The van der Waals surface area contributed by atoms with Gasteiger partial charge in [0.25, 0.3) is 5.91 Å². The van der Waals surface area contributed by atoms with Crippen molar-refractivity contribution >= 4 is 23.6 Å². The summed E-state index contributed by atoms with van der Waals surface area (Å²) in [5.41, 5.74) is 1.37. The Kier molecular flexibility index (Phi) is 6.69. The molecule has 126 valence electrons. The normalized spacial score (nSPS) is 10.1. The minimum Gasteiger partial charge on any atom is -0.484 e. The lowest BCUT2D eigenvalue weighted by molar-refractivity contribution is -0.123. The Bertz CT molecular complexity index is 683. The van der Waals surface area contributed by atoms with Gasteiger partial charge in [0.2, 0.25) is 0 Å². The zero-order valence-corrected chi connectivity index (χ0v) is 14.4. The molecular formula is C18H19NO4S. The van der Waals surface area contributed by atoms with E-state index in [1.165, 1.54) is 7.11 Å². The van der Waals surface area contributed by atoms with Crippen molar-refractivity contribution in [2.75, 3.05) is 20.0 Å². The summed E-state index contributed by atoms with van der Waals surface area (Å²) in [4.78, 5) is 24.3. The molecule has 1 amide bonds. The van der Waals surface area contributed by atoms with Gasteiger partial charge in [0.05, 0.1) is 12.7 Å². The molecule has 2 rings (SSSR count). The highest BCUT2D eigenvalue weighted by Crippen LogP contribution is 2.18. The molecule has 0 aliphatic rings. The van der Waals surface area contributed by atoms with Gasteiger partial charge < -0.3 is 14.8 Å². The maximum Gasteiger partial charge on any atom is 0.337 e. The Morgan fingerprint density at radius 2 is 1.71 bits per heavy atom.